The van der Waals surface area contributed by atoms with Crippen LogP contribution in [0.1, 0.15) is 11.1 Å². The second-order valence-corrected chi connectivity index (χ2v) is 2.67. The van der Waals surface area contributed by atoms with Crippen molar-refractivity contribution >= 4 is 11.0 Å². The van der Waals surface area contributed by atoms with Crippen molar-refractivity contribution in [3.63, 3.8) is 0 Å². The van der Waals surface area contributed by atoms with Gasteiger partial charge in [0.15, 0.2) is 0 Å². The molecule has 0 atom stereocenters. The van der Waals surface area contributed by atoms with E-state index in [2.05, 4.69) is 16.0 Å². The number of aryl methyl sites for hydroxylation is 1. The molecule has 1 N–H and O–H groups in total. The molecule has 2 heterocycles. The zero-order valence-corrected chi connectivity index (χ0v) is 6.63. The highest BCUT2D eigenvalue weighted by molar-refractivity contribution is 5.83. The Hall–Kier alpha value is -1.82. The molecule has 12 heavy (non-hydrogen) atoms. The molecule has 0 saturated heterocycles. The Bertz CT molecular complexity index is 462. The van der Waals surface area contributed by atoms with Gasteiger partial charge in [0.05, 0.1) is 16.6 Å². The Morgan fingerprint density at radius 1 is 1.58 bits per heavy atom. The number of nitrogens with one attached hydrogen (secondary N) is 1. The van der Waals surface area contributed by atoms with Crippen LogP contribution in [-0.2, 0) is 0 Å². The van der Waals surface area contributed by atoms with Gasteiger partial charge >= 0.3 is 0 Å². The van der Waals surface area contributed by atoms with Gasteiger partial charge in [-0.25, -0.2) is 0 Å². The lowest BCUT2D eigenvalue weighted by molar-refractivity contribution is 1.37. The summed E-state index contributed by atoms with van der Waals surface area (Å²) in [5.41, 5.74) is 3.43. The molecule has 0 unspecified atom stereocenters. The van der Waals surface area contributed by atoms with Gasteiger partial charge in [-0.2, -0.15) is 5.26 Å². The molecule has 2 aromatic heterocycles. The fraction of sp³-hybridized carbons (Fsp3) is 0.111. The molecule has 3 heteroatoms. The van der Waals surface area contributed by atoms with E-state index in [0.717, 1.165) is 16.6 Å². The van der Waals surface area contributed by atoms with Crippen LogP contribution in [0.3, 0.4) is 0 Å². The first-order chi connectivity index (χ1) is 5.83. The standard InChI is InChI=1S/C9H7N3/c1-6-5-12-9-7(4-10)2-3-11-8(6)9/h2-3,5,12H,1H3. The fourth-order valence-corrected chi connectivity index (χ4v) is 1.25. The van der Waals surface area contributed by atoms with Crippen molar-refractivity contribution in [2.45, 2.75) is 6.92 Å². The second kappa shape index (κ2) is 2.35. The van der Waals surface area contributed by atoms with E-state index in [-0.39, 0.29) is 0 Å². The highest BCUT2D eigenvalue weighted by atomic mass is 14.8. The summed E-state index contributed by atoms with van der Waals surface area (Å²) in [5, 5.41) is 8.75. The molecule has 0 radical (unpaired) electrons. The zero-order valence-electron chi connectivity index (χ0n) is 6.63. The average molecular weight is 157 g/mol. The topological polar surface area (TPSA) is 52.5 Å². The maximum Gasteiger partial charge on any atom is 0.101 e. The summed E-state index contributed by atoms with van der Waals surface area (Å²) >= 11 is 0. The molecule has 0 saturated carbocycles. The molecule has 0 aliphatic rings. The van der Waals surface area contributed by atoms with Crippen LogP contribution in [0, 0.1) is 18.3 Å². The number of pyridine rings is 1. The summed E-state index contributed by atoms with van der Waals surface area (Å²) in [6.07, 6.45) is 3.51. The summed E-state index contributed by atoms with van der Waals surface area (Å²) in [4.78, 5) is 7.19. The zero-order chi connectivity index (χ0) is 8.55. The van der Waals surface area contributed by atoms with Crippen LogP contribution in [-0.4, -0.2) is 9.97 Å². The molecule has 0 aromatic carbocycles. The van der Waals surface area contributed by atoms with Gasteiger partial charge in [0.2, 0.25) is 0 Å². The Kier molecular flexibility index (Phi) is 1.34. The van der Waals surface area contributed by atoms with Gasteiger partial charge in [0, 0.05) is 12.4 Å². The summed E-state index contributed by atoms with van der Waals surface area (Å²) in [5.74, 6) is 0. The number of aromatic amines is 1. The normalized spacial score (nSPS) is 10.0. The van der Waals surface area contributed by atoms with Crippen LogP contribution in [0.15, 0.2) is 18.5 Å². The van der Waals surface area contributed by atoms with Crippen LogP contribution >= 0.6 is 0 Å². The van der Waals surface area contributed by atoms with Crippen molar-refractivity contribution in [3.05, 3.63) is 29.6 Å². The van der Waals surface area contributed by atoms with Crippen molar-refractivity contribution in [2.24, 2.45) is 0 Å². The first-order valence-corrected chi connectivity index (χ1v) is 3.65. The van der Waals surface area contributed by atoms with E-state index in [1.54, 1.807) is 12.3 Å². The summed E-state index contributed by atoms with van der Waals surface area (Å²) in [6, 6.07) is 3.82. The molecule has 3 nitrogen and oxygen atoms in total. The van der Waals surface area contributed by atoms with Crippen molar-refractivity contribution in [1.29, 1.82) is 5.26 Å². The van der Waals surface area contributed by atoms with Crippen molar-refractivity contribution < 1.29 is 0 Å². The lowest BCUT2D eigenvalue weighted by atomic mass is 10.2. The van der Waals surface area contributed by atoms with E-state index in [0.29, 0.717) is 5.56 Å². The molecular formula is C9H7N3. The predicted octanol–water partition coefficient (Wildman–Crippen LogP) is 1.74. The molecule has 0 fully saturated rings. The lowest BCUT2D eigenvalue weighted by Gasteiger charge is -1.91. The predicted molar refractivity (Wildman–Crippen MR) is 45.5 cm³/mol. The molecule has 0 aliphatic heterocycles. The van der Waals surface area contributed by atoms with Crippen molar-refractivity contribution in [3.8, 4) is 6.07 Å². The number of fused-ring (bicyclic) bond motifs is 1. The highest BCUT2D eigenvalue weighted by Crippen LogP contribution is 2.17. The van der Waals surface area contributed by atoms with E-state index in [9.17, 15) is 0 Å². The van der Waals surface area contributed by atoms with E-state index >= 15 is 0 Å². The first-order valence-electron chi connectivity index (χ1n) is 3.65. The van der Waals surface area contributed by atoms with Crippen molar-refractivity contribution in [2.75, 3.05) is 0 Å². The molecule has 2 rings (SSSR count). The Balaban J connectivity index is 2.92. The van der Waals surface area contributed by atoms with Crippen LogP contribution in [0.2, 0.25) is 0 Å². The summed E-state index contributed by atoms with van der Waals surface area (Å²) in [6.45, 7) is 1.97. The van der Waals surface area contributed by atoms with Crippen molar-refractivity contribution in [1.82, 2.24) is 9.97 Å². The number of aromatic nitrogens is 2. The van der Waals surface area contributed by atoms with Crippen LogP contribution in [0.25, 0.3) is 11.0 Å². The quantitative estimate of drug-likeness (QED) is 0.633. The van der Waals surface area contributed by atoms with Gasteiger partial charge in [0.1, 0.15) is 6.07 Å². The number of nitriles is 1. The second-order valence-electron chi connectivity index (χ2n) is 2.67. The Labute approximate surface area is 69.7 Å². The Morgan fingerprint density at radius 3 is 3.17 bits per heavy atom. The third-order valence-corrected chi connectivity index (χ3v) is 1.88. The molecule has 58 valence electrons. The van der Waals surface area contributed by atoms with Gasteiger partial charge in [-0.15, -0.1) is 0 Å². The summed E-state index contributed by atoms with van der Waals surface area (Å²) < 4.78 is 0. The average Bonchev–Trinajstić information content (AvgIpc) is 2.48. The summed E-state index contributed by atoms with van der Waals surface area (Å²) in [7, 11) is 0. The smallest absolute Gasteiger partial charge is 0.101 e. The number of rotatable bonds is 0. The SMILES string of the molecule is Cc1c[nH]c2c(C#N)ccnc12. The molecule has 0 aliphatic carbocycles. The molecule has 2 aromatic rings. The minimum atomic E-state index is 0.646. The molecule has 0 amide bonds. The van der Waals surface area contributed by atoms with Gasteiger partial charge in [-0.05, 0) is 18.6 Å². The first kappa shape index (κ1) is 6.86. The monoisotopic (exact) mass is 157 g/mol. The van der Waals surface area contributed by atoms with E-state index in [1.807, 2.05) is 13.1 Å². The van der Waals surface area contributed by atoms with Gasteiger partial charge in [-0.3, -0.25) is 4.98 Å². The van der Waals surface area contributed by atoms with E-state index < -0.39 is 0 Å². The van der Waals surface area contributed by atoms with Gasteiger partial charge < -0.3 is 4.98 Å². The molecule has 0 bridgehead atoms. The minimum absolute atomic E-state index is 0.646. The molecule has 0 spiro atoms. The largest absolute Gasteiger partial charge is 0.359 e. The van der Waals surface area contributed by atoms with Gasteiger partial charge in [0.25, 0.3) is 0 Å². The van der Waals surface area contributed by atoms with Crippen LogP contribution < -0.4 is 0 Å². The number of hydrogen-bond acceptors (Lipinski definition) is 2. The Morgan fingerprint density at radius 2 is 2.42 bits per heavy atom. The minimum Gasteiger partial charge on any atom is -0.359 e. The maximum atomic E-state index is 8.75. The van der Waals surface area contributed by atoms with E-state index in [1.165, 1.54) is 0 Å². The van der Waals surface area contributed by atoms with Crippen LogP contribution in [0.5, 0.6) is 0 Å². The highest BCUT2D eigenvalue weighted by Gasteiger charge is 2.03. The molecular weight excluding hydrogens is 150 g/mol. The number of H-pyrrole nitrogens is 1. The third-order valence-electron chi connectivity index (χ3n) is 1.88. The van der Waals surface area contributed by atoms with E-state index in [4.69, 9.17) is 5.26 Å². The number of hydrogen-bond donors (Lipinski definition) is 1. The third kappa shape index (κ3) is 0.785. The lowest BCUT2D eigenvalue weighted by Crippen LogP contribution is -1.80. The maximum absolute atomic E-state index is 8.75. The van der Waals surface area contributed by atoms with Gasteiger partial charge in [-0.1, -0.05) is 0 Å². The number of nitrogens with zero attached hydrogens (tertiary/aromatic N) is 2. The van der Waals surface area contributed by atoms with Crippen LogP contribution in [0.4, 0.5) is 0 Å². The fourth-order valence-electron chi connectivity index (χ4n) is 1.25.